The Morgan fingerprint density at radius 2 is 2.00 bits per heavy atom. The minimum absolute atomic E-state index is 0.153. The molecule has 0 aromatic heterocycles. The molecular formula is C11H13BrF3NO3S. The zero-order valence-corrected chi connectivity index (χ0v) is 12.9. The number of hydrogen-bond donors (Lipinski definition) is 1. The van der Waals surface area contributed by atoms with Crippen LogP contribution in [0.1, 0.15) is 19.8 Å². The quantitative estimate of drug-likeness (QED) is 0.775. The summed E-state index contributed by atoms with van der Waals surface area (Å²) in [7, 11) is -4.05. The highest BCUT2D eigenvalue weighted by molar-refractivity contribution is 9.10. The molecule has 0 radical (unpaired) electrons. The van der Waals surface area contributed by atoms with Gasteiger partial charge in [0.2, 0.25) is 10.0 Å². The zero-order chi connectivity index (χ0) is 15.4. The fraction of sp³-hybridized carbons (Fsp3) is 0.455. The van der Waals surface area contributed by atoms with Crippen LogP contribution in [0.15, 0.2) is 27.6 Å². The number of halogens is 4. The molecule has 1 rings (SSSR count). The minimum atomic E-state index is -4.96. The van der Waals surface area contributed by atoms with Crippen LogP contribution in [0.4, 0.5) is 13.2 Å². The molecule has 9 heteroatoms. The molecule has 0 spiro atoms. The van der Waals surface area contributed by atoms with Gasteiger partial charge in [-0.15, -0.1) is 13.2 Å². The monoisotopic (exact) mass is 375 g/mol. The molecule has 0 unspecified atom stereocenters. The van der Waals surface area contributed by atoms with Crippen molar-refractivity contribution in [3.8, 4) is 5.75 Å². The molecule has 0 saturated carbocycles. The Hall–Kier alpha value is -0.800. The number of rotatable bonds is 6. The summed E-state index contributed by atoms with van der Waals surface area (Å²) in [6.07, 6.45) is -3.62. The second kappa shape index (κ2) is 6.77. The fourth-order valence-corrected chi connectivity index (χ4v) is 2.89. The number of hydrogen-bond acceptors (Lipinski definition) is 3. The summed E-state index contributed by atoms with van der Waals surface area (Å²) in [6.45, 7) is 2.02. The summed E-state index contributed by atoms with van der Waals surface area (Å²) >= 11 is 2.97. The van der Waals surface area contributed by atoms with E-state index in [4.69, 9.17) is 0 Å². The van der Waals surface area contributed by atoms with Crippen molar-refractivity contribution in [1.82, 2.24) is 4.72 Å². The first-order valence-electron chi connectivity index (χ1n) is 5.70. The third-order valence-electron chi connectivity index (χ3n) is 2.24. The van der Waals surface area contributed by atoms with Gasteiger partial charge in [0, 0.05) is 11.0 Å². The van der Waals surface area contributed by atoms with Crippen molar-refractivity contribution in [3.63, 3.8) is 0 Å². The minimum Gasteiger partial charge on any atom is -0.404 e. The van der Waals surface area contributed by atoms with E-state index in [1.807, 2.05) is 6.92 Å². The van der Waals surface area contributed by atoms with Gasteiger partial charge in [0.15, 0.2) is 5.75 Å². The van der Waals surface area contributed by atoms with E-state index in [9.17, 15) is 21.6 Å². The lowest BCUT2D eigenvalue weighted by atomic mass is 10.3. The molecule has 0 aliphatic rings. The Kier molecular flexibility index (Phi) is 5.84. The average molecular weight is 376 g/mol. The van der Waals surface area contributed by atoms with Gasteiger partial charge in [-0.3, -0.25) is 0 Å². The van der Waals surface area contributed by atoms with Crippen LogP contribution in [0.3, 0.4) is 0 Å². The average Bonchev–Trinajstić information content (AvgIpc) is 2.26. The Morgan fingerprint density at radius 3 is 2.55 bits per heavy atom. The highest BCUT2D eigenvalue weighted by atomic mass is 79.9. The fourth-order valence-electron chi connectivity index (χ4n) is 1.37. The van der Waals surface area contributed by atoms with Crippen molar-refractivity contribution in [2.45, 2.75) is 31.0 Å². The van der Waals surface area contributed by atoms with E-state index >= 15 is 0 Å². The van der Waals surface area contributed by atoms with E-state index in [-0.39, 0.29) is 11.0 Å². The van der Waals surface area contributed by atoms with Gasteiger partial charge in [0.25, 0.3) is 0 Å². The van der Waals surface area contributed by atoms with Crippen LogP contribution in [0.2, 0.25) is 0 Å². The molecular weight excluding hydrogens is 363 g/mol. The van der Waals surface area contributed by atoms with Gasteiger partial charge < -0.3 is 4.74 Å². The van der Waals surface area contributed by atoms with Gasteiger partial charge in [0.1, 0.15) is 4.90 Å². The molecule has 0 amide bonds. The van der Waals surface area contributed by atoms with Gasteiger partial charge in [0.05, 0.1) is 0 Å². The van der Waals surface area contributed by atoms with Gasteiger partial charge in [-0.1, -0.05) is 29.3 Å². The predicted molar refractivity (Wildman–Crippen MR) is 70.9 cm³/mol. The second-order valence-corrected chi connectivity index (χ2v) is 6.54. The molecule has 0 heterocycles. The Bertz CT molecular complexity index is 561. The number of unbranched alkanes of at least 4 members (excludes halogenated alkanes) is 1. The van der Waals surface area contributed by atoms with Gasteiger partial charge in [-0.05, 0) is 24.6 Å². The van der Waals surface area contributed by atoms with Gasteiger partial charge in [-0.2, -0.15) is 0 Å². The van der Waals surface area contributed by atoms with Crippen LogP contribution in [0, 0.1) is 0 Å². The smallest absolute Gasteiger partial charge is 0.404 e. The van der Waals surface area contributed by atoms with E-state index < -0.39 is 27.0 Å². The molecule has 0 atom stereocenters. The topological polar surface area (TPSA) is 55.4 Å². The lowest BCUT2D eigenvalue weighted by Gasteiger charge is -2.14. The highest BCUT2D eigenvalue weighted by Gasteiger charge is 2.34. The summed E-state index contributed by atoms with van der Waals surface area (Å²) in [5, 5.41) is 0. The summed E-state index contributed by atoms with van der Waals surface area (Å²) in [5.41, 5.74) is 0. The third kappa shape index (κ3) is 5.29. The molecule has 0 saturated heterocycles. The molecule has 1 aromatic carbocycles. The lowest BCUT2D eigenvalue weighted by molar-refractivity contribution is -0.275. The standard InChI is InChI=1S/C11H13BrF3NO3S/c1-2-3-6-16-20(17,18)10-5-4-8(12)7-9(10)19-11(13,14)15/h4-5,7,16H,2-3,6H2,1H3. The largest absolute Gasteiger partial charge is 0.573 e. The molecule has 4 nitrogen and oxygen atoms in total. The van der Waals surface area contributed by atoms with Crippen LogP contribution in [-0.4, -0.2) is 21.3 Å². The van der Waals surface area contributed by atoms with Crippen LogP contribution in [-0.2, 0) is 10.0 Å². The van der Waals surface area contributed by atoms with Crippen LogP contribution >= 0.6 is 15.9 Å². The van der Waals surface area contributed by atoms with Crippen molar-refractivity contribution in [3.05, 3.63) is 22.7 Å². The second-order valence-electron chi connectivity index (χ2n) is 3.89. The molecule has 0 bridgehead atoms. The van der Waals surface area contributed by atoms with Crippen LogP contribution in [0.5, 0.6) is 5.75 Å². The maximum atomic E-state index is 12.3. The first-order chi connectivity index (χ1) is 9.15. The summed E-state index contributed by atoms with van der Waals surface area (Å²) < 4.78 is 67.1. The maximum absolute atomic E-state index is 12.3. The number of sulfonamides is 1. The summed E-state index contributed by atoms with van der Waals surface area (Å²) in [4.78, 5) is -0.547. The molecule has 1 aromatic rings. The Balaban J connectivity index is 3.10. The van der Waals surface area contributed by atoms with Crippen molar-refractivity contribution in [2.24, 2.45) is 0 Å². The van der Waals surface area contributed by atoms with Gasteiger partial charge in [-0.25, -0.2) is 13.1 Å². The zero-order valence-electron chi connectivity index (χ0n) is 10.5. The number of ether oxygens (including phenoxy) is 1. The first kappa shape index (κ1) is 17.3. The van der Waals surface area contributed by atoms with E-state index in [1.165, 1.54) is 6.07 Å². The van der Waals surface area contributed by atoms with Crippen LogP contribution in [0.25, 0.3) is 0 Å². The summed E-state index contributed by atoms with van der Waals surface area (Å²) in [6, 6.07) is 3.35. The summed E-state index contributed by atoms with van der Waals surface area (Å²) in [5.74, 6) is -0.768. The molecule has 0 aliphatic heterocycles. The molecule has 20 heavy (non-hydrogen) atoms. The first-order valence-corrected chi connectivity index (χ1v) is 7.98. The normalized spacial score (nSPS) is 12.4. The lowest BCUT2D eigenvalue weighted by Crippen LogP contribution is -2.26. The van der Waals surface area contributed by atoms with Crippen LogP contribution < -0.4 is 9.46 Å². The SMILES string of the molecule is CCCCNS(=O)(=O)c1ccc(Br)cc1OC(F)(F)F. The van der Waals surface area contributed by atoms with Crippen molar-refractivity contribution in [1.29, 1.82) is 0 Å². The van der Waals surface area contributed by atoms with E-state index in [0.717, 1.165) is 18.6 Å². The molecule has 1 N–H and O–H groups in total. The Labute approximate surface area is 123 Å². The number of alkyl halides is 3. The van der Waals surface area contributed by atoms with Crippen molar-refractivity contribution in [2.75, 3.05) is 6.54 Å². The number of benzene rings is 1. The van der Waals surface area contributed by atoms with Gasteiger partial charge >= 0.3 is 6.36 Å². The third-order valence-corrected chi connectivity index (χ3v) is 4.24. The Morgan fingerprint density at radius 1 is 1.35 bits per heavy atom. The highest BCUT2D eigenvalue weighted by Crippen LogP contribution is 2.32. The molecule has 0 fully saturated rings. The maximum Gasteiger partial charge on any atom is 0.573 e. The van der Waals surface area contributed by atoms with Crippen molar-refractivity contribution < 1.29 is 26.3 Å². The number of nitrogens with one attached hydrogen (secondary N) is 1. The van der Waals surface area contributed by atoms with Crippen molar-refractivity contribution >= 4 is 26.0 Å². The molecule has 0 aliphatic carbocycles. The van der Waals surface area contributed by atoms with E-state index in [2.05, 4.69) is 25.4 Å². The molecule has 114 valence electrons. The van der Waals surface area contributed by atoms with E-state index in [1.54, 1.807) is 0 Å². The van der Waals surface area contributed by atoms with E-state index in [0.29, 0.717) is 6.42 Å². The predicted octanol–water partition coefficient (Wildman–Crippen LogP) is 3.43.